The number of nitrogens with zero attached hydrogens (tertiary/aromatic N) is 6. The fourth-order valence-electron chi connectivity index (χ4n) is 3.89. The SMILES string of the molecule is COc1cccc(OC)c1CN=Nc1nc(Nc2ccc(C)cc2)nc(N2CCCCCC2)n1. The molecule has 1 saturated heterocycles. The van der Waals surface area contributed by atoms with Crippen molar-refractivity contribution in [1.29, 1.82) is 0 Å². The largest absolute Gasteiger partial charge is 0.496 e. The number of methoxy groups -OCH3 is 2. The van der Waals surface area contributed by atoms with Crippen molar-refractivity contribution in [3.63, 3.8) is 0 Å². The second kappa shape index (κ2) is 11.4. The van der Waals surface area contributed by atoms with Crippen LogP contribution in [0.5, 0.6) is 11.5 Å². The molecule has 1 N–H and O–H groups in total. The van der Waals surface area contributed by atoms with Crippen LogP contribution in [-0.2, 0) is 6.54 Å². The normalized spacial score (nSPS) is 14.1. The molecule has 0 aliphatic carbocycles. The van der Waals surface area contributed by atoms with E-state index >= 15 is 0 Å². The van der Waals surface area contributed by atoms with Gasteiger partial charge in [0.25, 0.3) is 5.95 Å². The van der Waals surface area contributed by atoms with Gasteiger partial charge in [0.2, 0.25) is 11.9 Å². The molecule has 1 aliphatic heterocycles. The Morgan fingerprint density at radius 1 is 0.882 bits per heavy atom. The van der Waals surface area contributed by atoms with Crippen LogP contribution in [-0.4, -0.2) is 42.3 Å². The second-order valence-electron chi connectivity index (χ2n) is 8.19. The van der Waals surface area contributed by atoms with Gasteiger partial charge in [0, 0.05) is 18.8 Å². The summed E-state index contributed by atoms with van der Waals surface area (Å²) < 4.78 is 10.9. The van der Waals surface area contributed by atoms with Crippen LogP contribution in [0.4, 0.5) is 23.5 Å². The van der Waals surface area contributed by atoms with Crippen LogP contribution in [0.15, 0.2) is 52.7 Å². The maximum atomic E-state index is 5.46. The Bertz CT molecular complexity index is 1090. The average molecular weight is 462 g/mol. The van der Waals surface area contributed by atoms with Crippen LogP contribution in [0.3, 0.4) is 0 Å². The molecule has 0 spiro atoms. The van der Waals surface area contributed by atoms with Crippen LogP contribution in [0.1, 0.15) is 36.8 Å². The Balaban J connectivity index is 1.61. The Morgan fingerprint density at radius 3 is 2.21 bits per heavy atom. The number of azo groups is 1. The average Bonchev–Trinajstić information content (AvgIpc) is 3.15. The molecule has 1 fully saturated rings. The zero-order valence-electron chi connectivity index (χ0n) is 20.0. The smallest absolute Gasteiger partial charge is 0.275 e. The molecule has 0 radical (unpaired) electrons. The highest BCUT2D eigenvalue weighted by Gasteiger charge is 2.16. The zero-order chi connectivity index (χ0) is 23.8. The molecule has 2 aromatic carbocycles. The summed E-state index contributed by atoms with van der Waals surface area (Å²) in [6.07, 6.45) is 4.69. The van der Waals surface area contributed by atoms with Crippen LogP contribution < -0.4 is 19.7 Å². The van der Waals surface area contributed by atoms with Crippen LogP contribution in [0.25, 0.3) is 0 Å². The molecule has 0 bridgehead atoms. The Hall–Kier alpha value is -3.75. The molecule has 2 heterocycles. The number of benzene rings is 2. The standard InChI is InChI=1S/C25H31N7O2/c1-18-11-13-19(14-12-18)27-23-28-24(30-25(29-23)32-15-6-4-5-7-16-32)31-26-17-20-21(33-2)9-8-10-22(20)34-3/h8-14H,4-7,15-17H2,1-3H3,(H,27,28,29,30). The van der Waals surface area contributed by atoms with Crippen molar-refractivity contribution in [2.45, 2.75) is 39.2 Å². The molecule has 0 atom stereocenters. The van der Waals surface area contributed by atoms with E-state index in [9.17, 15) is 0 Å². The van der Waals surface area contributed by atoms with Crippen molar-refractivity contribution in [1.82, 2.24) is 15.0 Å². The predicted molar refractivity (Wildman–Crippen MR) is 133 cm³/mol. The van der Waals surface area contributed by atoms with Gasteiger partial charge in [-0.05, 0) is 44.0 Å². The van der Waals surface area contributed by atoms with Gasteiger partial charge in [-0.15, -0.1) is 5.11 Å². The summed E-state index contributed by atoms with van der Waals surface area (Å²) in [5.74, 6) is 2.72. The van der Waals surface area contributed by atoms with E-state index in [0.717, 1.165) is 37.2 Å². The minimum absolute atomic E-state index is 0.262. The van der Waals surface area contributed by atoms with Crippen molar-refractivity contribution in [3.8, 4) is 11.5 Å². The van der Waals surface area contributed by atoms with Gasteiger partial charge in [0.15, 0.2) is 0 Å². The number of nitrogens with one attached hydrogen (secondary N) is 1. The summed E-state index contributed by atoms with van der Waals surface area (Å²) in [5.41, 5.74) is 2.91. The number of aromatic nitrogens is 3. The minimum atomic E-state index is 0.262. The molecule has 4 rings (SSSR count). The maximum absolute atomic E-state index is 5.46. The Labute approximate surface area is 200 Å². The fourth-order valence-corrected chi connectivity index (χ4v) is 3.89. The van der Waals surface area contributed by atoms with Crippen molar-refractivity contribution >= 4 is 23.5 Å². The van der Waals surface area contributed by atoms with Gasteiger partial charge in [0.05, 0.1) is 26.3 Å². The van der Waals surface area contributed by atoms with E-state index in [1.165, 1.54) is 18.4 Å². The summed E-state index contributed by atoms with van der Waals surface area (Å²) in [7, 11) is 3.25. The number of ether oxygens (including phenoxy) is 2. The van der Waals surface area contributed by atoms with E-state index < -0.39 is 0 Å². The molecule has 0 amide bonds. The van der Waals surface area contributed by atoms with E-state index in [4.69, 9.17) is 9.47 Å². The summed E-state index contributed by atoms with van der Waals surface area (Å²) in [6, 6.07) is 13.7. The first-order chi connectivity index (χ1) is 16.7. The lowest BCUT2D eigenvalue weighted by Gasteiger charge is -2.20. The van der Waals surface area contributed by atoms with Gasteiger partial charge in [-0.3, -0.25) is 0 Å². The first kappa shape index (κ1) is 23.4. The number of hydrogen-bond acceptors (Lipinski definition) is 9. The quantitative estimate of drug-likeness (QED) is 0.436. The fraction of sp³-hybridized carbons (Fsp3) is 0.400. The second-order valence-corrected chi connectivity index (χ2v) is 8.19. The first-order valence-corrected chi connectivity index (χ1v) is 11.6. The van der Waals surface area contributed by atoms with Gasteiger partial charge in [-0.25, -0.2) is 0 Å². The number of aryl methyl sites for hydroxylation is 1. The van der Waals surface area contributed by atoms with Crippen molar-refractivity contribution in [3.05, 3.63) is 53.6 Å². The lowest BCUT2D eigenvalue weighted by molar-refractivity contribution is 0.385. The number of rotatable bonds is 8. The molecule has 0 saturated carbocycles. The summed E-state index contributed by atoms with van der Waals surface area (Å²) >= 11 is 0. The van der Waals surface area contributed by atoms with Crippen molar-refractivity contribution in [2.75, 3.05) is 37.5 Å². The van der Waals surface area contributed by atoms with E-state index in [2.05, 4.69) is 42.3 Å². The molecule has 1 aliphatic rings. The minimum Gasteiger partial charge on any atom is -0.496 e. The predicted octanol–water partition coefficient (Wildman–Crippen LogP) is 5.61. The summed E-state index contributed by atoms with van der Waals surface area (Å²) in [5, 5.41) is 12.0. The molecule has 9 heteroatoms. The van der Waals surface area contributed by atoms with Gasteiger partial charge >= 0.3 is 0 Å². The summed E-state index contributed by atoms with van der Waals surface area (Å²) in [6.45, 7) is 4.17. The molecular weight excluding hydrogens is 430 g/mol. The van der Waals surface area contributed by atoms with Crippen molar-refractivity contribution in [2.24, 2.45) is 10.2 Å². The highest BCUT2D eigenvalue weighted by molar-refractivity contribution is 5.55. The number of hydrogen-bond donors (Lipinski definition) is 1. The molecule has 3 aromatic rings. The van der Waals surface area contributed by atoms with E-state index in [1.807, 2.05) is 42.5 Å². The topological polar surface area (TPSA) is 97.1 Å². The third-order valence-corrected chi connectivity index (χ3v) is 5.73. The third kappa shape index (κ3) is 5.98. The highest BCUT2D eigenvalue weighted by atomic mass is 16.5. The summed E-state index contributed by atoms with van der Waals surface area (Å²) in [4.78, 5) is 16.0. The Kier molecular flexibility index (Phi) is 7.85. The van der Waals surface area contributed by atoms with Crippen LogP contribution >= 0.6 is 0 Å². The molecular formula is C25H31N7O2. The molecule has 178 valence electrons. The lowest BCUT2D eigenvalue weighted by atomic mass is 10.2. The van der Waals surface area contributed by atoms with Gasteiger partial charge in [-0.2, -0.15) is 20.1 Å². The monoisotopic (exact) mass is 461 g/mol. The highest BCUT2D eigenvalue weighted by Crippen LogP contribution is 2.29. The molecule has 0 unspecified atom stereocenters. The van der Waals surface area contributed by atoms with Crippen LogP contribution in [0.2, 0.25) is 0 Å². The first-order valence-electron chi connectivity index (χ1n) is 11.6. The molecule has 34 heavy (non-hydrogen) atoms. The van der Waals surface area contributed by atoms with Crippen molar-refractivity contribution < 1.29 is 9.47 Å². The zero-order valence-corrected chi connectivity index (χ0v) is 20.0. The molecule has 9 nitrogen and oxygen atoms in total. The van der Waals surface area contributed by atoms with E-state index in [1.54, 1.807) is 14.2 Å². The van der Waals surface area contributed by atoms with E-state index in [0.29, 0.717) is 23.4 Å². The Morgan fingerprint density at radius 2 is 1.56 bits per heavy atom. The van der Waals surface area contributed by atoms with Gasteiger partial charge in [-0.1, -0.05) is 36.6 Å². The maximum Gasteiger partial charge on any atom is 0.275 e. The van der Waals surface area contributed by atoms with Gasteiger partial charge < -0.3 is 19.7 Å². The molecule has 1 aromatic heterocycles. The number of anilines is 3. The van der Waals surface area contributed by atoms with E-state index in [-0.39, 0.29) is 12.5 Å². The van der Waals surface area contributed by atoms with Gasteiger partial charge in [0.1, 0.15) is 11.5 Å². The third-order valence-electron chi connectivity index (χ3n) is 5.73. The van der Waals surface area contributed by atoms with Crippen LogP contribution in [0, 0.1) is 6.92 Å². The lowest BCUT2D eigenvalue weighted by Crippen LogP contribution is -2.26.